The minimum absolute atomic E-state index is 0.0566. The number of rotatable bonds is 4. The van der Waals surface area contributed by atoms with Gasteiger partial charge in [-0.05, 0) is 48.2 Å². The highest BCUT2D eigenvalue weighted by atomic mass is 79.9. The Bertz CT molecular complexity index is 480. The summed E-state index contributed by atoms with van der Waals surface area (Å²) in [5, 5.41) is 9.41. The quantitative estimate of drug-likeness (QED) is 0.910. The van der Waals surface area contributed by atoms with Crippen LogP contribution in [0.1, 0.15) is 11.1 Å². The van der Waals surface area contributed by atoms with Gasteiger partial charge in [0.15, 0.2) is 0 Å². The standard InChI is InChI=1S/C15H16BrNO/c16-13-5-1-3-11(7-13)8-14(17)9-12-4-2-6-15(18)10-12/h1-7,10,14,18H,8-9,17H2. The number of benzene rings is 2. The van der Waals surface area contributed by atoms with E-state index in [1.807, 2.05) is 24.3 Å². The first-order chi connectivity index (χ1) is 8.63. The third-order valence-electron chi connectivity index (χ3n) is 2.80. The number of nitrogens with two attached hydrogens (primary N) is 1. The summed E-state index contributed by atoms with van der Waals surface area (Å²) < 4.78 is 1.07. The Kier molecular flexibility index (Phi) is 4.39. The second-order valence-electron chi connectivity index (χ2n) is 4.47. The predicted molar refractivity (Wildman–Crippen MR) is 77.6 cm³/mol. The monoisotopic (exact) mass is 305 g/mol. The molecule has 1 atom stereocenters. The van der Waals surface area contributed by atoms with E-state index in [4.69, 9.17) is 5.73 Å². The van der Waals surface area contributed by atoms with E-state index in [0.717, 1.165) is 22.9 Å². The molecule has 2 aromatic carbocycles. The molecule has 2 nitrogen and oxygen atoms in total. The summed E-state index contributed by atoms with van der Waals surface area (Å²) in [6.45, 7) is 0. The second-order valence-corrected chi connectivity index (χ2v) is 5.38. The molecule has 0 aliphatic heterocycles. The van der Waals surface area contributed by atoms with Crippen LogP contribution in [0, 0.1) is 0 Å². The van der Waals surface area contributed by atoms with Crippen LogP contribution in [-0.4, -0.2) is 11.1 Å². The van der Waals surface area contributed by atoms with Crippen molar-refractivity contribution < 1.29 is 5.11 Å². The third kappa shape index (κ3) is 3.86. The van der Waals surface area contributed by atoms with Gasteiger partial charge in [0.05, 0.1) is 0 Å². The van der Waals surface area contributed by atoms with Crippen LogP contribution >= 0.6 is 15.9 Å². The van der Waals surface area contributed by atoms with E-state index in [1.165, 1.54) is 5.56 Å². The third-order valence-corrected chi connectivity index (χ3v) is 3.29. The van der Waals surface area contributed by atoms with E-state index in [1.54, 1.807) is 12.1 Å². The maximum Gasteiger partial charge on any atom is 0.115 e. The van der Waals surface area contributed by atoms with Gasteiger partial charge in [0.2, 0.25) is 0 Å². The van der Waals surface area contributed by atoms with Crippen LogP contribution in [-0.2, 0) is 12.8 Å². The Morgan fingerprint density at radius 1 is 1.00 bits per heavy atom. The molecule has 3 heteroatoms. The van der Waals surface area contributed by atoms with Crippen LogP contribution in [0.15, 0.2) is 53.0 Å². The zero-order chi connectivity index (χ0) is 13.0. The average Bonchev–Trinajstić information content (AvgIpc) is 2.28. The minimum atomic E-state index is 0.0566. The first-order valence-corrected chi connectivity index (χ1v) is 6.71. The number of phenolic OH excluding ortho intramolecular Hbond substituents is 1. The lowest BCUT2D eigenvalue weighted by atomic mass is 10.00. The highest BCUT2D eigenvalue weighted by Crippen LogP contribution is 2.16. The van der Waals surface area contributed by atoms with Crippen molar-refractivity contribution in [2.45, 2.75) is 18.9 Å². The molecule has 0 saturated heterocycles. The van der Waals surface area contributed by atoms with Gasteiger partial charge in [0.25, 0.3) is 0 Å². The Balaban J connectivity index is 1.98. The molecule has 0 aromatic heterocycles. The summed E-state index contributed by atoms with van der Waals surface area (Å²) in [5.74, 6) is 0.294. The lowest BCUT2D eigenvalue weighted by Gasteiger charge is -2.12. The molecule has 18 heavy (non-hydrogen) atoms. The average molecular weight is 306 g/mol. The predicted octanol–water partition coefficient (Wildman–Crippen LogP) is 3.27. The molecule has 0 aliphatic carbocycles. The Morgan fingerprint density at radius 2 is 1.61 bits per heavy atom. The summed E-state index contributed by atoms with van der Waals surface area (Å²) in [5.41, 5.74) is 8.43. The smallest absolute Gasteiger partial charge is 0.115 e. The van der Waals surface area contributed by atoms with Crippen molar-refractivity contribution in [1.82, 2.24) is 0 Å². The largest absolute Gasteiger partial charge is 0.508 e. The van der Waals surface area contributed by atoms with Crippen molar-refractivity contribution in [3.63, 3.8) is 0 Å². The SMILES string of the molecule is NC(Cc1cccc(O)c1)Cc1cccc(Br)c1. The first kappa shape index (κ1) is 13.1. The molecule has 0 amide bonds. The number of hydrogen-bond acceptors (Lipinski definition) is 2. The number of phenols is 1. The fraction of sp³-hybridized carbons (Fsp3) is 0.200. The van der Waals surface area contributed by atoms with Gasteiger partial charge < -0.3 is 10.8 Å². The second kappa shape index (κ2) is 6.03. The molecule has 0 fully saturated rings. The highest BCUT2D eigenvalue weighted by Gasteiger charge is 2.06. The summed E-state index contributed by atoms with van der Waals surface area (Å²) >= 11 is 3.45. The van der Waals surface area contributed by atoms with E-state index < -0.39 is 0 Å². The number of hydrogen-bond donors (Lipinski definition) is 2. The highest BCUT2D eigenvalue weighted by molar-refractivity contribution is 9.10. The van der Waals surface area contributed by atoms with Gasteiger partial charge in [-0.2, -0.15) is 0 Å². The molecule has 0 bridgehead atoms. The maximum absolute atomic E-state index is 9.41. The molecule has 2 aromatic rings. The maximum atomic E-state index is 9.41. The van der Waals surface area contributed by atoms with Gasteiger partial charge >= 0.3 is 0 Å². The molecule has 1 unspecified atom stereocenters. The van der Waals surface area contributed by atoms with Crippen molar-refractivity contribution in [2.24, 2.45) is 5.73 Å². The summed E-state index contributed by atoms with van der Waals surface area (Å²) in [6, 6.07) is 15.5. The minimum Gasteiger partial charge on any atom is -0.508 e. The molecule has 0 radical (unpaired) electrons. The fourth-order valence-corrected chi connectivity index (χ4v) is 2.47. The number of halogens is 1. The number of aromatic hydroxyl groups is 1. The van der Waals surface area contributed by atoms with E-state index >= 15 is 0 Å². The molecule has 0 aliphatic rings. The van der Waals surface area contributed by atoms with E-state index in [9.17, 15) is 5.11 Å². The zero-order valence-electron chi connectivity index (χ0n) is 10.0. The normalized spacial score (nSPS) is 12.3. The van der Waals surface area contributed by atoms with Crippen molar-refractivity contribution >= 4 is 15.9 Å². The summed E-state index contributed by atoms with van der Waals surface area (Å²) in [4.78, 5) is 0. The molecule has 3 N–H and O–H groups in total. The van der Waals surface area contributed by atoms with Crippen LogP contribution in [0.4, 0.5) is 0 Å². The molecule has 0 heterocycles. The van der Waals surface area contributed by atoms with Gasteiger partial charge in [-0.3, -0.25) is 0 Å². The van der Waals surface area contributed by atoms with Crippen LogP contribution in [0.25, 0.3) is 0 Å². The Labute approximate surface area is 116 Å². The van der Waals surface area contributed by atoms with E-state index in [0.29, 0.717) is 5.75 Å². The lowest BCUT2D eigenvalue weighted by Crippen LogP contribution is -2.25. The lowest BCUT2D eigenvalue weighted by molar-refractivity contribution is 0.474. The van der Waals surface area contributed by atoms with E-state index in [-0.39, 0.29) is 6.04 Å². The van der Waals surface area contributed by atoms with Crippen LogP contribution in [0.5, 0.6) is 5.75 Å². The fourth-order valence-electron chi connectivity index (χ4n) is 2.03. The zero-order valence-corrected chi connectivity index (χ0v) is 11.6. The Morgan fingerprint density at radius 3 is 2.22 bits per heavy atom. The van der Waals surface area contributed by atoms with Gasteiger partial charge in [0, 0.05) is 10.5 Å². The summed E-state index contributed by atoms with van der Waals surface area (Å²) in [6.07, 6.45) is 1.59. The van der Waals surface area contributed by atoms with Gasteiger partial charge in [0.1, 0.15) is 5.75 Å². The van der Waals surface area contributed by atoms with Crippen LogP contribution in [0.3, 0.4) is 0 Å². The van der Waals surface area contributed by atoms with Crippen molar-refractivity contribution in [1.29, 1.82) is 0 Å². The molecular formula is C15H16BrNO. The molecular weight excluding hydrogens is 290 g/mol. The van der Waals surface area contributed by atoms with Gasteiger partial charge in [-0.25, -0.2) is 0 Å². The van der Waals surface area contributed by atoms with Crippen molar-refractivity contribution in [3.05, 3.63) is 64.1 Å². The topological polar surface area (TPSA) is 46.2 Å². The van der Waals surface area contributed by atoms with E-state index in [2.05, 4.69) is 28.1 Å². The molecule has 0 spiro atoms. The van der Waals surface area contributed by atoms with Crippen molar-refractivity contribution in [2.75, 3.05) is 0 Å². The summed E-state index contributed by atoms with van der Waals surface area (Å²) in [7, 11) is 0. The van der Waals surface area contributed by atoms with Gasteiger partial charge in [-0.1, -0.05) is 40.2 Å². The molecule has 2 rings (SSSR count). The molecule has 94 valence electrons. The van der Waals surface area contributed by atoms with Crippen molar-refractivity contribution in [3.8, 4) is 5.75 Å². The van der Waals surface area contributed by atoms with Gasteiger partial charge in [-0.15, -0.1) is 0 Å². The van der Waals surface area contributed by atoms with Crippen LogP contribution < -0.4 is 5.73 Å². The first-order valence-electron chi connectivity index (χ1n) is 5.91. The Hall–Kier alpha value is -1.32. The van der Waals surface area contributed by atoms with Crippen LogP contribution in [0.2, 0.25) is 0 Å². The molecule has 0 saturated carbocycles.